The molecule has 1 amide bonds. The summed E-state index contributed by atoms with van der Waals surface area (Å²) in [6.45, 7) is 1.34. The number of carbonyl (C=O) groups is 1. The van der Waals surface area contributed by atoms with Gasteiger partial charge in [0.15, 0.2) is 5.82 Å². The Bertz CT molecular complexity index is 1520. The van der Waals surface area contributed by atoms with Crippen molar-refractivity contribution in [2.45, 2.75) is 56.9 Å². The number of hydrogen-bond acceptors (Lipinski definition) is 5. The first-order valence-electron chi connectivity index (χ1n) is 13.2. The molecule has 3 fully saturated rings. The van der Waals surface area contributed by atoms with Crippen molar-refractivity contribution in [2.24, 2.45) is 18.7 Å². The third kappa shape index (κ3) is 3.80. The van der Waals surface area contributed by atoms with Crippen LogP contribution in [0.15, 0.2) is 24.4 Å². The number of imidazole rings is 1. The predicted molar refractivity (Wildman–Crippen MR) is 138 cm³/mol. The Morgan fingerprint density at radius 3 is 2.70 bits per heavy atom. The minimum atomic E-state index is -1.11. The van der Waals surface area contributed by atoms with Crippen LogP contribution in [0.2, 0.25) is 0 Å². The number of benzene rings is 1. The van der Waals surface area contributed by atoms with E-state index in [4.69, 9.17) is 15.5 Å². The number of hydrogen-bond donors (Lipinski definition) is 1. The summed E-state index contributed by atoms with van der Waals surface area (Å²) in [5.74, 6) is 1.81. The molecular formula is C27H32FN7O2. The minimum Gasteiger partial charge on any atom is -0.494 e. The van der Waals surface area contributed by atoms with Crippen LogP contribution in [-0.2, 0) is 13.6 Å². The Kier molecular flexibility index (Phi) is 5.11. The molecule has 4 heterocycles. The average molecular weight is 506 g/mol. The predicted octanol–water partition coefficient (Wildman–Crippen LogP) is 3.66. The Morgan fingerprint density at radius 2 is 2.00 bits per heavy atom. The van der Waals surface area contributed by atoms with E-state index in [1.165, 1.54) is 36.2 Å². The van der Waals surface area contributed by atoms with Crippen molar-refractivity contribution in [3.05, 3.63) is 30.0 Å². The molecule has 2 N–H and O–H groups in total. The molecular weight excluding hydrogens is 473 g/mol. The van der Waals surface area contributed by atoms with Gasteiger partial charge in [0.1, 0.15) is 23.1 Å². The summed E-state index contributed by atoms with van der Waals surface area (Å²) in [6.07, 6.45) is 5.97. The number of fused-ring (bicyclic) bond motifs is 2. The summed E-state index contributed by atoms with van der Waals surface area (Å²) in [5.41, 5.74) is 10.1. The fourth-order valence-corrected chi connectivity index (χ4v) is 5.85. The summed E-state index contributed by atoms with van der Waals surface area (Å²) in [5, 5.41) is 5.81. The second-order valence-electron chi connectivity index (χ2n) is 11.0. The normalized spacial score (nSPS) is 22.3. The van der Waals surface area contributed by atoms with Crippen molar-refractivity contribution in [1.29, 1.82) is 0 Å². The number of piperidine rings is 1. The first-order chi connectivity index (χ1) is 17.9. The van der Waals surface area contributed by atoms with Gasteiger partial charge in [-0.3, -0.25) is 4.79 Å². The highest BCUT2D eigenvalue weighted by Crippen LogP contribution is 2.41. The topological polar surface area (TPSA) is 96.1 Å². The monoisotopic (exact) mass is 505 g/mol. The van der Waals surface area contributed by atoms with Crippen LogP contribution in [0.3, 0.4) is 0 Å². The molecule has 1 aliphatic heterocycles. The molecule has 0 spiro atoms. The Labute approximate surface area is 214 Å². The van der Waals surface area contributed by atoms with Gasteiger partial charge in [0.05, 0.1) is 37.1 Å². The fourth-order valence-electron chi connectivity index (χ4n) is 5.85. The second-order valence-corrected chi connectivity index (χ2v) is 11.0. The number of carbonyl (C=O) groups excluding carboxylic acids is 1. The summed E-state index contributed by atoms with van der Waals surface area (Å²) in [6, 6.07) is 5.82. The Morgan fingerprint density at radius 1 is 1.19 bits per heavy atom. The van der Waals surface area contributed by atoms with Crippen molar-refractivity contribution < 1.29 is 13.9 Å². The third-order valence-electron chi connectivity index (χ3n) is 8.01. The SMILES string of the molecule is COc1cc(C(=O)N2C[C@H](N)C[C@@H](F)C2)cc2nc(-c3cc4cnn(C5CC5)c4n3CC3CC3)n(C)c12. The van der Waals surface area contributed by atoms with Gasteiger partial charge in [-0.05, 0) is 56.2 Å². The van der Waals surface area contributed by atoms with Crippen LogP contribution in [0.5, 0.6) is 5.75 Å². The van der Waals surface area contributed by atoms with Gasteiger partial charge in [0.25, 0.3) is 5.91 Å². The van der Waals surface area contributed by atoms with Crippen LogP contribution in [0, 0.1) is 5.92 Å². The van der Waals surface area contributed by atoms with E-state index in [1.54, 1.807) is 19.2 Å². The van der Waals surface area contributed by atoms with Gasteiger partial charge < -0.3 is 24.5 Å². The van der Waals surface area contributed by atoms with E-state index in [9.17, 15) is 9.18 Å². The lowest BCUT2D eigenvalue weighted by Crippen LogP contribution is -2.50. The highest BCUT2D eigenvalue weighted by molar-refractivity contribution is 6.00. The number of amides is 1. The van der Waals surface area contributed by atoms with E-state index in [0.29, 0.717) is 35.3 Å². The van der Waals surface area contributed by atoms with Crippen molar-refractivity contribution in [3.63, 3.8) is 0 Å². The maximum Gasteiger partial charge on any atom is 0.254 e. The number of aryl methyl sites for hydroxylation is 1. The van der Waals surface area contributed by atoms with Gasteiger partial charge in [-0.1, -0.05) is 0 Å². The zero-order valence-corrected chi connectivity index (χ0v) is 21.2. The molecule has 4 aromatic rings. The summed E-state index contributed by atoms with van der Waals surface area (Å²) < 4.78 is 26.5. The number of ether oxygens (including phenoxy) is 1. The summed E-state index contributed by atoms with van der Waals surface area (Å²) in [4.78, 5) is 19.9. The largest absolute Gasteiger partial charge is 0.494 e. The van der Waals surface area contributed by atoms with Crippen molar-refractivity contribution in [1.82, 2.24) is 28.8 Å². The van der Waals surface area contributed by atoms with Crippen molar-refractivity contribution in [2.75, 3.05) is 20.2 Å². The lowest BCUT2D eigenvalue weighted by atomic mass is 10.0. The van der Waals surface area contributed by atoms with E-state index in [1.807, 2.05) is 17.8 Å². The molecule has 3 aliphatic rings. The van der Waals surface area contributed by atoms with Crippen LogP contribution in [0.4, 0.5) is 4.39 Å². The quantitative estimate of drug-likeness (QED) is 0.432. The molecule has 0 radical (unpaired) electrons. The molecule has 9 nitrogen and oxygen atoms in total. The number of halogens is 1. The summed E-state index contributed by atoms with van der Waals surface area (Å²) in [7, 11) is 3.58. The lowest BCUT2D eigenvalue weighted by Gasteiger charge is -2.33. The minimum absolute atomic E-state index is 0.0552. The Hall–Kier alpha value is -3.40. The number of methoxy groups -OCH3 is 1. The number of rotatable bonds is 6. The van der Waals surface area contributed by atoms with E-state index in [-0.39, 0.29) is 24.9 Å². The third-order valence-corrected chi connectivity index (χ3v) is 8.01. The maximum absolute atomic E-state index is 14.2. The first kappa shape index (κ1) is 22.8. The van der Waals surface area contributed by atoms with Crippen LogP contribution >= 0.6 is 0 Å². The van der Waals surface area contributed by atoms with Crippen LogP contribution in [0.25, 0.3) is 33.6 Å². The first-order valence-corrected chi connectivity index (χ1v) is 13.2. The van der Waals surface area contributed by atoms with Gasteiger partial charge in [0.2, 0.25) is 0 Å². The standard InChI is InChI=1S/C27H32FN7O2/c1-32-24-21(7-16(9-23(24)37-2)27(36)33-13-18(28)10-19(29)14-33)31-25(32)22-8-17-11-30-35(20-5-6-20)26(17)34(22)12-15-3-4-15/h7-9,11,15,18-20H,3-6,10,12-14,29H2,1-2H3/t18-,19-/m1/s1. The Balaban J connectivity index is 1.34. The van der Waals surface area contributed by atoms with Gasteiger partial charge in [-0.25, -0.2) is 14.1 Å². The van der Waals surface area contributed by atoms with Crippen LogP contribution in [-0.4, -0.2) is 67.1 Å². The molecule has 1 aromatic carbocycles. The number of likely N-dealkylation sites (tertiary alicyclic amines) is 1. The number of alkyl halides is 1. The molecule has 37 heavy (non-hydrogen) atoms. The number of nitrogens with two attached hydrogens (primary N) is 1. The molecule has 0 unspecified atom stereocenters. The maximum atomic E-state index is 14.2. The zero-order valence-electron chi connectivity index (χ0n) is 21.2. The van der Waals surface area contributed by atoms with Gasteiger partial charge >= 0.3 is 0 Å². The molecule has 2 atom stereocenters. The average Bonchev–Trinajstić information content (AvgIpc) is 3.78. The van der Waals surface area contributed by atoms with Crippen molar-refractivity contribution in [3.8, 4) is 17.3 Å². The van der Waals surface area contributed by atoms with Gasteiger partial charge in [0, 0.05) is 37.1 Å². The molecule has 7 rings (SSSR count). The lowest BCUT2D eigenvalue weighted by molar-refractivity contribution is 0.0606. The van der Waals surface area contributed by atoms with E-state index in [2.05, 4.69) is 20.4 Å². The molecule has 3 aromatic heterocycles. The number of nitrogens with zero attached hydrogens (tertiary/aromatic N) is 6. The molecule has 2 aliphatic carbocycles. The molecule has 0 bridgehead atoms. The van der Waals surface area contributed by atoms with E-state index in [0.717, 1.165) is 29.0 Å². The summed E-state index contributed by atoms with van der Waals surface area (Å²) >= 11 is 0. The van der Waals surface area contributed by atoms with Gasteiger partial charge in [-0.2, -0.15) is 5.10 Å². The molecule has 10 heteroatoms. The highest BCUT2D eigenvalue weighted by Gasteiger charge is 2.32. The van der Waals surface area contributed by atoms with Crippen LogP contribution < -0.4 is 10.5 Å². The second kappa shape index (κ2) is 8.31. The number of aromatic nitrogens is 5. The molecule has 1 saturated heterocycles. The highest BCUT2D eigenvalue weighted by atomic mass is 19.1. The molecule has 194 valence electrons. The van der Waals surface area contributed by atoms with Crippen LogP contribution in [0.1, 0.15) is 48.5 Å². The van der Waals surface area contributed by atoms with E-state index < -0.39 is 6.17 Å². The smallest absolute Gasteiger partial charge is 0.254 e. The van der Waals surface area contributed by atoms with Gasteiger partial charge in [-0.15, -0.1) is 0 Å². The molecule has 2 saturated carbocycles. The zero-order chi connectivity index (χ0) is 25.4. The van der Waals surface area contributed by atoms with Crippen molar-refractivity contribution >= 4 is 28.0 Å². The van der Waals surface area contributed by atoms with E-state index >= 15 is 0 Å². The fraction of sp³-hybridized carbons (Fsp3) is 0.519.